The minimum atomic E-state index is -0.342. The van der Waals surface area contributed by atoms with E-state index in [2.05, 4.69) is 0 Å². The van der Waals surface area contributed by atoms with Crippen LogP contribution in [-0.2, 0) is 11.2 Å². The summed E-state index contributed by atoms with van der Waals surface area (Å²) < 4.78 is 15.8. The molecule has 0 saturated carbocycles. The van der Waals surface area contributed by atoms with Crippen molar-refractivity contribution in [2.45, 2.75) is 12.5 Å². The summed E-state index contributed by atoms with van der Waals surface area (Å²) in [5, 5.41) is 9.66. The van der Waals surface area contributed by atoms with Gasteiger partial charge in [-0.2, -0.15) is 0 Å². The number of rotatable bonds is 2. The molecule has 0 aromatic heterocycles. The standard InChI is InChI=1S/C12H14O4/c13-10-6-14-5-9(10)3-8-1-2-11-12(4-8)16-7-15-11/h1-2,4,9-10,13H,3,5-7H2/t9-,10+/m1/s1. The number of aliphatic hydroxyl groups is 1. The van der Waals surface area contributed by atoms with E-state index in [4.69, 9.17) is 14.2 Å². The second-order valence-corrected chi connectivity index (χ2v) is 4.26. The molecule has 2 aliphatic rings. The van der Waals surface area contributed by atoms with Crippen LogP contribution in [0, 0.1) is 5.92 Å². The van der Waals surface area contributed by atoms with Gasteiger partial charge in [0.15, 0.2) is 11.5 Å². The number of hydrogen-bond donors (Lipinski definition) is 1. The molecule has 2 aliphatic heterocycles. The molecule has 2 atom stereocenters. The fraction of sp³-hybridized carbons (Fsp3) is 0.500. The van der Waals surface area contributed by atoms with E-state index in [9.17, 15) is 5.11 Å². The lowest BCUT2D eigenvalue weighted by Crippen LogP contribution is -2.19. The first-order valence-corrected chi connectivity index (χ1v) is 5.47. The summed E-state index contributed by atoms with van der Waals surface area (Å²) in [6.07, 6.45) is 0.475. The molecule has 0 aliphatic carbocycles. The first-order valence-electron chi connectivity index (χ1n) is 5.47. The highest BCUT2D eigenvalue weighted by Gasteiger charge is 2.26. The smallest absolute Gasteiger partial charge is 0.231 e. The minimum Gasteiger partial charge on any atom is -0.454 e. The van der Waals surface area contributed by atoms with E-state index in [1.807, 2.05) is 18.2 Å². The summed E-state index contributed by atoms with van der Waals surface area (Å²) in [4.78, 5) is 0. The van der Waals surface area contributed by atoms with Gasteiger partial charge in [0.25, 0.3) is 0 Å². The van der Waals surface area contributed by atoms with Gasteiger partial charge in [-0.1, -0.05) is 6.07 Å². The van der Waals surface area contributed by atoms with Crippen LogP contribution in [0.2, 0.25) is 0 Å². The molecular weight excluding hydrogens is 208 g/mol. The molecule has 0 amide bonds. The van der Waals surface area contributed by atoms with Crippen LogP contribution in [0.4, 0.5) is 0 Å². The lowest BCUT2D eigenvalue weighted by Gasteiger charge is -2.12. The second-order valence-electron chi connectivity index (χ2n) is 4.26. The van der Waals surface area contributed by atoms with E-state index in [0.29, 0.717) is 20.0 Å². The van der Waals surface area contributed by atoms with Crippen molar-refractivity contribution in [3.8, 4) is 11.5 Å². The molecule has 1 fully saturated rings. The summed E-state index contributed by atoms with van der Waals surface area (Å²) in [6.45, 7) is 1.39. The average Bonchev–Trinajstić information content (AvgIpc) is 2.88. The van der Waals surface area contributed by atoms with Crippen molar-refractivity contribution in [1.82, 2.24) is 0 Å². The SMILES string of the molecule is O[C@H]1COC[C@H]1Cc1ccc2c(c1)OCO2. The van der Waals surface area contributed by atoms with Crippen molar-refractivity contribution in [3.63, 3.8) is 0 Å². The van der Waals surface area contributed by atoms with Crippen LogP contribution < -0.4 is 9.47 Å². The van der Waals surface area contributed by atoms with Gasteiger partial charge in [-0.15, -0.1) is 0 Å². The summed E-state index contributed by atoms with van der Waals surface area (Å²) >= 11 is 0. The van der Waals surface area contributed by atoms with E-state index in [1.54, 1.807) is 0 Å². The summed E-state index contributed by atoms with van der Waals surface area (Å²) in [7, 11) is 0. The van der Waals surface area contributed by atoms with Crippen LogP contribution in [-0.4, -0.2) is 31.2 Å². The fourth-order valence-electron chi connectivity index (χ4n) is 2.15. The third-order valence-corrected chi connectivity index (χ3v) is 3.10. The van der Waals surface area contributed by atoms with Gasteiger partial charge < -0.3 is 19.3 Å². The Bertz CT molecular complexity index is 391. The maximum absolute atomic E-state index is 9.66. The van der Waals surface area contributed by atoms with Crippen LogP contribution in [0.3, 0.4) is 0 Å². The molecule has 1 saturated heterocycles. The molecule has 4 nitrogen and oxygen atoms in total. The van der Waals surface area contributed by atoms with E-state index in [-0.39, 0.29) is 12.0 Å². The van der Waals surface area contributed by atoms with Crippen molar-refractivity contribution in [3.05, 3.63) is 23.8 Å². The number of hydrogen-bond acceptors (Lipinski definition) is 4. The van der Waals surface area contributed by atoms with E-state index < -0.39 is 0 Å². The Morgan fingerprint density at radius 3 is 2.88 bits per heavy atom. The first-order chi connectivity index (χ1) is 7.83. The molecule has 3 rings (SSSR count). The van der Waals surface area contributed by atoms with Gasteiger partial charge in [0, 0.05) is 5.92 Å². The Kier molecular flexibility index (Phi) is 2.46. The number of aliphatic hydroxyl groups excluding tert-OH is 1. The highest BCUT2D eigenvalue weighted by atomic mass is 16.7. The zero-order valence-electron chi connectivity index (χ0n) is 8.89. The normalized spacial score (nSPS) is 27.3. The van der Waals surface area contributed by atoms with Gasteiger partial charge in [-0.25, -0.2) is 0 Å². The monoisotopic (exact) mass is 222 g/mol. The Morgan fingerprint density at radius 2 is 2.06 bits per heavy atom. The van der Waals surface area contributed by atoms with Crippen LogP contribution in [0.5, 0.6) is 11.5 Å². The largest absolute Gasteiger partial charge is 0.454 e. The quantitative estimate of drug-likeness (QED) is 0.809. The third kappa shape index (κ3) is 1.74. The van der Waals surface area contributed by atoms with Gasteiger partial charge in [0.2, 0.25) is 6.79 Å². The molecule has 1 aromatic rings. The highest BCUT2D eigenvalue weighted by molar-refractivity contribution is 5.44. The molecule has 1 N–H and O–H groups in total. The van der Waals surface area contributed by atoms with Gasteiger partial charge in [-0.05, 0) is 24.1 Å². The molecule has 4 heteroatoms. The lowest BCUT2D eigenvalue weighted by atomic mass is 9.96. The summed E-state index contributed by atoms with van der Waals surface area (Å²) in [5.41, 5.74) is 1.15. The Hall–Kier alpha value is -1.26. The van der Waals surface area contributed by atoms with Crippen molar-refractivity contribution in [1.29, 1.82) is 0 Å². The predicted molar refractivity (Wildman–Crippen MR) is 56.6 cm³/mol. The van der Waals surface area contributed by atoms with Crippen molar-refractivity contribution in [2.75, 3.05) is 20.0 Å². The molecule has 1 aromatic carbocycles. The van der Waals surface area contributed by atoms with Crippen LogP contribution in [0.25, 0.3) is 0 Å². The van der Waals surface area contributed by atoms with Gasteiger partial charge in [0.05, 0.1) is 19.3 Å². The van der Waals surface area contributed by atoms with Crippen LogP contribution in [0.1, 0.15) is 5.56 Å². The topological polar surface area (TPSA) is 47.9 Å². The van der Waals surface area contributed by atoms with Crippen LogP contribution in [0.15, 0.2) is 18.2 Å². The minimum absolute atomic E-state index is 0.195. The average molecular weight is 222 g/mol. The molecular formula is C12H14O4. The maximum Gasteiger partial charge on any atom is 0.231 e. The molecule has 0 radical (unpaired) electrons. The first kappa shape index (κ1) is 9.93. The zero-order valence-corrected chi connectivity index (χ0v) is 8.89. The molecule has 0 spiro atoms. The fourth-order valence-corrected chi connectivity index (χ4v) is 2.15. The van der Waals surface area contributed by atoms with Crippen LogP contribution >= 0.6 is 0 Å². The van der Waals surface area contributed by atoms with Crippen molar-refractivity contribution >= 4 is 0 Å². The van der Waals surface area contributed by atoms with Crippen molar-refractivity contribution in [2.24, 2.45) is 5.92 Å². The number of ether oxygens (including phenoxy) is 3. The van der Waals surface area contributed by atoms with Gasteiger partial charge in [-0.3, -0.25) is 0 Å². The summed E-state index contributed by atoms with van der Waals surface area (Å²) in [6, 6.07) is 5.91. The number of fused-ring (bicyclic) bond motifs is 1. The van der Waals surface area contributed by atoms with E-state index in [1.165, 1.54) is 0 Å². The lowest BCUT2D eigenvalue weighted by molar-refractivity contribution is 0.118. The Morgan fingerprint density at radius 1 is 1.19 bits per heavy atom. The maximum atomic E-state index is 9.66. The molecule has 0 unspecified atom stereocenters. The van der Waals surface area contributed by atoms with Gasteiger partial charge in [0.1, 0.15) is 0 Å². The van der Waals surface area contributed by atoms with Crippen molar-refractivity contribution < 1.29 is 19.3 Å². The molecule has 86 valence electrons. The number of benzene rings is 1. The molecule has 2 heterocycles. The third-order valence-electron chi connectivity index (χ3n) is 3.10. The Labute approximate surface area is 93.7 Å². The predicted octanol–water partition coefficient (Wildman–Crippen LogP) is 0.965. The van der Waals surface area contributed by atoms with Gasteiger partial charge >= 0.3 is 0 Å². The van der Waals surface area contributed by atoms with E-state index in [0.717, 1.165) is 23.5 Å². The zero-order chi connectivity index (χ0) is 11.0. The van der Waals surface area contributed by atoms with E-state index >= 15 is 0 Å². The summed E-state index contributed by atoms with van der Waals surface area (Å²) in [5.74, 6) is 1.79. The second kappa shape index (κ2) is 3.96. The molecule has 0 bridgehead atoms. The molecule has 16 heavy (non-hydrogen) atoms. The highest BCUT2D eigenvalue weighted by Crippen LogP contribution is 2.33. The Balaban J connectivity index is 1.75.